The van der Waals surface area contributed by atoms with E-state index in [1.165, 1.54) is 295 Å². The first-order valence-electron chi connectivity index (χ1n) is 38.3. The summed E-state index contributed by atoms with van der Waals surface area (Å²) in [6, 6.07) is -0.824. The molecule has 0 aromatic rings. The highest BCUT2D eigenvalue weighted by Crippen LogP contribution is 2.30. The Hall–Kier alpha value is -1.01. The number of carbonyl (C=O) groups is 1. The largest absolute Gasteiger partial charge is 0.394 e. The minimum atomic E-state index is -1.78. The maximum Gasteiger partial charge on any atom is 0.220 e. The molecule has 12 atom stereocenters. The molecule has 2 saturated heterocycles. The predicted molar refractivity (Wildman–Crippen MR) is 360 cm³/mol. The molecule has 2 aliphatic rings. The second kappa shape index (κ2) is 59.7. The molecule has 2 rings (SSSR count). The second-order valence-corrected chi connectivity index (χ2v) is 27.5. The Morgan fingerprint density at radius 1 is 0.364 bits per heavy atom. The Labute approximate surface area is 540 Å². The van der Waals surface area contributed by atoms with E-state index in [-0.39, 0.29) is 12.5 Å². The molecule has 0 bridgehead atoms. The van der Waals surface area contributed by atoms with Crippen LogP contribution in [-0.2, 0) is 23.7 Å². The molecule has 14 nitrogen and oxygen atoms in total. The third-order valence-corrected chi connectivity index (χ3v) is 19.3. The predicted octanol–water partition coefficient (Wildman–Crippen LogP) is 16.4. The van der Waals surface area contributed by atoms with Gasteiger partial charge in [-0.05, 0) is 12.8 Å². The van der Waals surface area contributed by atoms with Crippen LogP contribution < -0.4 is 5.32 Å². The quantitative estimate of drug-likeness (QED) is 0.0259. The van der Waals surface area contributed by atoms with Gasteiger partial charge in [-0.2, -0.15) is 0 Å². The third kappa shape index (κ3) is 43.1. The van der Waals surface area contributed by atoms with Gasteiger partial charge in [0.05, 0.1) is 32.0 Å². The first-order chi connectivity index (χ1) is 43.1. The molecule has 2 aliphatic heterocycles. The van der Waals surface area contributed by atoms with Gasteiger partial charge < -0.3 is 65.1 Å². The molecule has 88 heavy (non-hydrogen) atoms. The van der Waals surface area contributed by atoms with E-state index in [2.05, 4.69) is 19.2 Å². The summed E-state index contributed by atoms with van der Waals surface area (Å²) in [5.41, 5.74) is 0. The molecule has 9 N–H and O–H groups in total. The Morgan fingerprint density at radius 2 is 0.648 bits per heavy atom. The van der Waals surface area contributed by atoms with Gasteiger partial charge in [0.1, 0.15) is 48.8 Å². The fourth-order valence-corrected chi connectivity index (χ4v) is 13.2. The summed E-state index contributed by atoms with van der Waals surface area (Å²) in [6.07, 6.45) is 55.8. The highest BCUT2D eigenvalue weighted by molar-refractivity contribution is 5.76. The van der Waals surface area contributed by atoms with Crippen LogP contribution in [0.3, 0.4) is 0 Å². The van der Waals surface area contributed by atoms with Crippen molar-refractivity contribution in [2.75, 3.05) is 19.8 Å². The fourth-order valence-electron chi connectivity index (χ4n) is 13.2. The molecule has 2 heterocycles. The standard InChI is InChI=1S/C74H145NO13/c1-3-5-7-9-11-13-15-17-19-21-23-24-25-26-27-28-29-30-31-32-33-34-35-36-37-38-39-40-42-44-46-48-50-52-54-56-58-66(79)75-62(63(78)57-55-53-51-49-47-45-43-41-22-20-18-16-14-12-10-8-6-4-2)61-85-73-71(84)69(82)72(65(60-77)87-73)88-74-70(83)68(81)67(80)64(59-76)86-74/h62-65,67-74,76-78,80-84H,3-61H2,1-2H3,(H,75,79). The molecule has 1 amide bonds. The lowest BCUT2D eigenvalue weighted by Crippen LogP contribution is -2.65. The lowest BCUT2D eigenvalue weighted by atomic mass is 9.97. The molecule has 0 aromatic carbocycles. The topological polar surface area (TPSA) is 228 Å². The normalized spacial score (nSPS) is 23.0. The molecular formula is C74H145NO13. The van der Waals surface area contributed by atoms with Crippen LogP contribution in [0.25, 0.3) is 0 Å². The van der Waals surface area contributed by atoms with Crippen molar-refractivity contribution in [3.8, 4) is 0 Å². The van der Waals surface area contributed by atoms with E-state index in [9.17, 15) is 45.6 Å². The number of nitrogens with one attached hydrogen (secondary N) is 1. The first-order valence-corrected chi connectivity index (χ1v) is 38.3. The van der Waals surface area contributed by atoms with Gasteiger partial charge in [-0.15, -0.1) is 0 Å². The molecule has 0 spiro atoms. The molecule has 0 saturated carbocycles. The van der Waals surface area contributed by atoms with E-state index in [1.807, 2.05) is 0 Å². The van der Waals surface area contributed by atoms with Crippen LogP contribution >= 0.6 is 0 Å². The monoisotopic (exact) mass is 1260 g/mol. The highest BCUT2D eigenvalue weighted by Gasteiger charge is 2.51. The smallest absolute Gasteiger partial charge is 0.220 e. The number of amides is 1. The second-order valence-electron chi connectivity index (χ2n) is 27.5. The van der Waals surface area contributed by atoms with Crippen molar-refractivity contribution in [3.63, 3.8) is 0 Å². The van der Waals surface area contributed by atoms with Crippen LogP contribution in [0.4, 0.5) is 0 Å². The summed E-state index contributed by atoms with van der Waals surface area (Å²) in [4.78, 5) is 13.4. The van der Waals surface area contributed by atoms with Crippen molar-refractivity contribution in [1.29, 1.82) is 0 Å². The summed E-state index contributed by atoms with van der Waals surface area (Å²) in [7, 11) is 0. The van der Waals surface area contributed by atoms with Crippen molar-refractivity contribution >= 4 is 5.91 Å². The Morgan fingerprint density at radius 3 is 0.966 bits per heavy atom. The number of rotatable bonds is 65. The average molecular weight is 1260 g/mol. The summed E-state index contributed by atoms with van der Waals surface area (Å²) in [5.74, 6) is -0.196. The van der Waals surface area contributed by atoms with Gasteiger partial charge in [0.15, 0.2) is 12.6 Å². The Balaban J connectivity index is 1.57. The lowest BCUT2D eigenvalue weighted by Gasteiger charge is -2.46. The van der Waals surface area contributed by atoms with Gasteiger partial charge in [0.2, 0.25) is 5.91 Å². The van der Waals surface area contributed by atoms with Crippen LogP contribution in [0.1, 0.15) is 373 Å². The van der Waals surface area contributed by atoms with Gasteiger partial charge in [0.25, 0.3) is 0 Å². The van der Waals surface area contributed by atoms with Gasteiger partial charge in [-0.1, -0.05) is 354 Å². The van der Waals surface area contributed by atoms with Crippen LogP contribution in [0, 0.1) is 0 Å². The summed E-state index contributed by atoms with van der Waals surface area (Å²) < 4.78 is 22.9. The van der Waals surface area contributed by atoms with Crippen LogP contribution in [0.2, 0.25) is 0 Å². The highest BCUT2D eigenvalue weighted by atomic mass is 16.7. The number of hydrogen-bond acceptors (Lipinski definition) is 13. The van der Waals surface area contributed by atoms with E-state index in [0.717, 1.165) is 51.4 Å². The molecule has 0 radical (unpaired) electrons. The first kappa shape index (κ1) is 83.1. The zero-order valence-corrected chi connectivity index (χ0v) is 57.3. The SMILES string of the molecule is CCCCCCCCCCCCCCCCCCCCCCCCCCCCCCCCCCCCCCC(=O)NC(COC1OC(CO)C(OC2OC(CO)C(O)C(O)C2O)C(O)C1O)C(O)CCCCCCCCCCCCCCCCCCCC. The number of aliphatic hydroxyl groups is 8. The molecule has 0 aliphatic carbocycles. The van der Waals surface area contributed by atoms with Gasteiger partial charge >= 0.3 is 0 Å². The molecule has 524 valence electrons. The summed E-state index contributed by atoms with van der Waals surface area (Å²) >= 11 is 0. The van der Waals surface area contributed by atoms with E-state index >= 15 is 0 Å². The van der Waals surface area contributed by atoms with Crippen LogP contribution in [0.5, 0.6) is 0 Å². The fraction of sp³-hybridized carbons (Fsp3) is 0.986. The van der Waals surface area contributed by atoms with Gasteiger partial charge in [-0.3, -0.25) is 4.79 Å². The van der Waals surface area contributed by atoms with Crippen LogP contribution in [0.15, 0.2) is 0 Å². The number of hydrogen-bond donors (Lipinski definition) is 9. The minimum Gasteiger partial charge on any atom is -0.394 e. The van der Waals surface area contributed by atoms with Crippen molar-refractivity contribution in [2.45, 2.75) is 447 Å². The lowest BCUT2D eigenvalue weighted by molar-refractivity contribution is -0.359. The van der Waals surface area contributed by atoms with E-state index < -0.39 is 86.8 Å². The Kier molecular flexibility index (Phi) is 56.4. The van der Waals surface area contributed by atoms with Gasteiger partial charge in [0, 0.05) is 6.42 Å². The Bertz CT molecular complexity index is 1480. The average Bonchev–Trinajstić information content (AvgIpc) is 1.81. The molecular weight excluding hydrogens is 1110 g/mol. The maximum absolute atomic E-state index is 13.4. The molecule has 0 aromatic heterocycles. The molecule has 12 unspecified atom stereocenters. The van der Waals surface area contributed by atoms with Crippen molar-refractivity contribution in [1.82, 2.24) is 5.32 Å². The maximum atomic E-state index is 13.4. The van der Waals surface area contributed by atoms with Crippen molar-refractivity contribution in [2.24, 2.45) is 0 Å². The van der Waals surface area contributed by atoms with E-state index in [1.54, 1.807) is 0 Å². The number of carbonyl (C=O) groups excluding carboxylic acids is 1. The summed E-state index contributed by atoms with van der Waals surface area (Å²) in [6.45, 7) is 2.93. The zero-order chi connectivity index (χ0) is 63.8. The zero-order valence-electron chi connectivity index (χ0n) is 57.3. The number of unbranched alkanes of at least 4 members (excludes halogenated alkanes) is 52. The van der Waals surface area contributed by atoms with Crippen LogP contribution in [-0.4, -0.2) is 140 Å². The number of aliphatic hydroxyl groups excluding tert-OH is 8. The third-order valence-electron chi connectivity index (χ3n) is 19.3. The molecule has 2 fully saturated rings. The van der Waals surface area contributed by atoms with E-state index in [0.29, 0.717) is 12.8 Å². The van der Waals surface area contributed by atoms with E-state index in [4.69, 9.17) is 18.9 Å². The number of ether oxygens (including phenoxy) is 4. The van der Waals surface area contributed by atoms with Crippen molar-refractivity contribution < 1.29 is 64.6 Å². The van der Waals surface area contributed by atoms with Crippen molar-refractivity contribution in [3.05, 3.63) is 0 Å². The minimum absolute atomic E-state index is 0.196. The van der Waals surface area contributed by atoms with Gasteiger partial charge in [-0.25, -0.2) is 0 Å². The summed E-state index contributed by atoms with van der Waals surface area (Å²) in [5, 5.41) is 87.6. The molecule has 14 heteroatoms.